The molecule has 2 aromatic rings. The minimum atomic E-state index is -0.0308. The van der Waals surface area contributed by atoms with E-state index in [9.17, 15) is 4.79 Å². The van der Waals surface area contributed by atoms with Crippen LogP contribution in [-0.4, -0.2) is 34.0 Å². The van der Waals surface area contributed by atoms with Crippen molar-refractivity contribution >= 4 is 49.5 Å². The number of nitrogens with one attached hydrogen (secondary N) is 1. The number of para-hydroxylation sites is 1. The summed E-state index contributed by atoms with van der Waals surface area (Å²) in [5.74, 6) is -0.0308. The molecule has 112 valence electrons. The second kappa shape index (κ2) is 5.40. The van der Waals surface area contributed by atoms with Gasteiger partial charge >= 0.3 is 0 Å². The van der Waals surface area contributed by atoms with Crippen LogP contribution in [0, 0.1) is 6.92 Å². The van der Waals surface area contributed by atoms with Crippen molar-refractivity contribution in [1.82, 2.24) is 9.88 Å². The maximum Gasteiger partial charge on any atom is 0.232 e. The van der Waals surface area contributed by atoms with E-state index in [1.165, 1.54) is 11.3 Å². The van der Waals surface area contributed by atoms with E-state index in [-0.39, 0.29) is 5.91 Å². The average molecular weight is 330 g/mol. The molecule has 0 fully saturated rings. The lowest BCUT2D eigenvalue weighted by Crippen LogP contribution is -2.24. The summed E-state index contributed by atoms with van der Waals surface area (Å²) in [7, 11) is 0. The standard InChI is InChI=1S/C15H14N4OS2/c1-9-3-2-4-11-13(9)18-14(22-11)17-12(20)7-10-8-21-15-16-5-6-19(10)15/h2-4,8H,5-7H2,1H3,(H,17,18,20). The van der Waals surface area contributed by atoms with Gasteiger partial charge < -0.3 is 10.2 Å². The molecule has 0 atom stereocenters. The number of thiazole rings is 1. The van der Waals surface area contributed by atoms with Gasteiger partial charge in [0.1, 0.15) is 0 Å². The second-order valence-corrected chi connectivity index (χ2v) is 7.08. The van der Waals surface area contributed by atoms with Crippen molar-refractivity contribution in [3.05, 3.63) is 34.9 Å². The minimum absolute atomic E-state index is 0.0308. The Bertz CT molecular complexity index is 824. The smallest absolute Gasteiger partial charge is 0.232 e. The number of thioether (sulfide) groups is 1. The quantitative estimate of drug-likeness (QED) is 0.939. The fourth-order valence-corrected chi connectivity index (χ4v) is 4.50. The zero-order valence-electron chi connectivity index (χ0n) is 12.0. The number of amidine groups is 1. The second-order valence-electron chi connectivity index (χ2n) is 5.21. The van der Waals surface area contributed by atoms with Crippen LogP contribution in [-0.2, 0) is 4.79 Å². The van der Waals surface area contributed by atoms with Crippen LogP contribution in [0.2, 0.25) is 0 Å². The van der Waals surface area contributed by atoms with Crippen LogP contribution in [0.25, 0.3) is 10.2 Å². The summed E-state index contributed by atoms with van der Waals surface area (Å²) >= 11 is 3.11. The SMILES string of the molecule is Cc1cccc2sc(NC(=O)CC3=CSC4=NCCN34)nc12. The van der Waals surface area contributed by atoms with Crippen molar-refractivity contribution in [3.63, 3.8) is 0 Å². The molecule has 1 aromatic heterocycles. The van der Waals surface area contributed by atoms with Crippen molar-refractivity contribution in [2.24, 2.45) is 4.99 Å². The predicted molar refractivity (Wildman–Crippen MR) is 92.3 cm³/mol. The first-order chi connectivity index (χ1) is 10.7. The molecule has 1 N–H and O–H groups in total. The highest BCUT2D eigenvalue weighted by Crippen LogP contribution is 2.32. The van der Waals surface area contributed by atoms with Gasteiger partial charge in [0.15, 0.2) is 10.3 Å². The van der Waals surface area contributed by atoms with E-state index in [2.05, 4.69) is 20.2 Å². The highest BCUT2D eigenvalue weighted by Gasteiger charge is 2.27. The number of aryl methyl sites for hydroxylation is 1. The maximum absolute atomic E-state index is 12.3. The molecule has 4 rings (SSSR count). The van der Waals surface area contributed by atoms with E-state index in [1.807, 2.05) is 30.5 Å². The monoisotopic (exact) mass is 330 g/mol. The third-order valence-electron chi connectivity index (χ3n) is 3.66. The number of fused-ring (bicyclic) bond motifs is 2. The molecule has 22 heavy (non-hydrogen) atoms. The molecular weight excluding hydrogens is 316 g/mol. The summed E-state index contributed by atoms with van der Waals surface area (Å²) in [4.78, 5) is 23.3. The van der Waals surface area contributed by atoms with Crippen LogP contribution in [0.5, 0.6) is 0 Å². The first-order valence-electron chi connectivity index (χ1n) is 7.04. The number of benzene rings is 1. The Balaban J connectivity index is 1.47. The molecule has 0 bridgehead atoms. The lowest BCUT2D eigenvalue weighted by atomic mass is 10.2. The van der Waals surface area contributed by atoms with E-state index in [0.29, 0.717) is 11.6 Å². The molecule has 3 heterocycles. The maximum atomic E-state index is 12.3. The fourth-order valence-electron chi connectivity index (χ4n) is 2.58. The van der Waals surface area contributed by atoms with Crippen molar-refractivity contribution in [2.75, 3.05) is 18.4 Å². The van der Waals surface area contributed by atoms with Gasteiger partial charge in [-0.05, 0) is 24.0 Å². The Morgan fingerprint density at radius 3 is 3.23 bits per heavy atom. The Morgan fingerprint density at radius 1 is 1.45 bits per heavy atom. The highest BCUT2D eigenvalue weighted by atomic mass is 32.2. The van der Waals surface area contributed by atoms with Crippen molar-refractivity contribution in [3.8, 4) is 0 Å². The number of carbonyl (C=O) groups excluding carboxylic acids is 1. The number of anilines is 1. The van der Waals surface area contributed by atoms with Gasteiger partial charge in [0, 0.05) is 12.2 Å². The van der Waals surface area contributed by atoms with Crippen LogP contribution in [0.3, 0.4) is 0 Å². The molecule has 1 aromatic carbocycles. The predicted octanol–water partition coefficient (Wildman–Crippen LogP) is 3.19. The number of carbonyl (C=O) groups is 1. The first kappa shape index (κ1) is 13.8. The molecule has 7 heteroatoms. The highest BCUT2D eigenvalue weighted by molar-refractivity contribution is 8.16. The first-order valence-corrected chi connectivity index (χ1v) is 8.74. The van der Waals surface area contributed by atoms with E-state index in [0.717, 1.165) is 39.7 Å². The molecule has 0 spiro atoms. The van der Waals surface area contributed by atoms with Crippen LogP contribution in [0.15, 0.2) is 34.3 Å². The van der Waals surface area contributed by atoms with Crippen LogP contribution < -0.4 is 5.32 Å². The lowest BCUT2D eigenvalue weighted by molar-refractivity contribution is -0.115. The van der Waals surface area contributed by atoms with E-state index in [1.54, 1.807) is 11.8 Å². The van der Waals surface area contributed by atoms with Crippen molar-refractivity contribution in [2.45, 2.75) is 13.3 Å². The normalized spacial score (nSPS) is 16.7. The molecule has 0 radical (unpaired) electrons. The van der Waals surface area contributed by atoms with E-state index < -0.39 is 0 Å². The number of hydrogen-bond acceptors (Lipinski definition) is 6. The van der Waals surface area contributed by atoms with Crippen LogP contribution in [0.4, 0.5) is 5.13 Å². The zero-order valence-corrected chi connectivity index (χ0v) is 13.6. The van der Waals surface area contributed by atoms with Gasteiger partial charge in [-0.2, -0.15) is 0 Å². The number of rotatable bonds is 3. The van der Waals surface area contributed by atoms with Gasteiger partial charge in [-0.3, -0.25) is 9.79 Å². The number of hydrogen-bond donors (Lipinski definition) is 1. The zero-order chi connectivity index (χ0) is 15.1. The Morgan fingerprint density at radius 2 is 2.36 bits per heavy atom. The third-order valence-corrected chi connectivity index (χ3v) is 5.54. The molecule has 2 aliphatic rings. The molecule has 0 saturated heterocycles. The van der Waals surface area contributed by atoms with E-state index >= 15 is 0 Å². The summed E-state index contributed by atoms with van der Waals surface area (Å²) in [6, 6.07) is 6.07. The van der Waals surface area contributed by atoms with Gasteiger partial charge in [0.2, 0.25) is 5.91 Å². The third kappa shape index (κ3) is 2.40. The lowest BCUT2D eigenvalue weighted by Gasteiger charge is -2.15. The van der Waals surface area contributed by atoms with Gasteiger partial charge in [-0.1, -0.05) is 35.2 Å². The number of aliphatic imine (C=N–C) groups is 1. The Labute approximate surface area is 136 Å². The van der Waals surface area contributed by atoms with Crippen LogP contribution >= 0.6 is 23.1 Å². The molecule has 0 aliphatic carbocycles. The molecule has 5 nitrogen and oxygen atoms in total. The van der Waals surface area contributed by atoms with Crippen molar-refractivity contribution in [1.29, 1.82) is 0 Å². The van der Waals surface area contributed by atoms with Gasteiger partial charge in [-0.25, -0.2) is 4.98 Å². The number of amides is 1. The van der Waals surface area contributed by atoms with Crippen molar-refractivity contribution < 1.29 is 4.79 Å². The minimum Gasteiger partial charge on any atom is -0.322 e. The largest absolute Gasteiger partial charge is 0.322 e. The summed E-state index contributed by atoms with van der Waals surface area (Å²) < 4.78 is 1.10. The molecule has 0 unspecified atom stereocenters. The summed E-state index contributed by atoms with van der Waals surface area (Å²) in [6.45, 7) is 3.72. The summed E-state index contributed by atoms with van der Waals surface area (Å²) in [6.07, 6.45) is 0.362. The van der Waals surface area contributed by atoms with E-state index in [4.69, 9.17) is 0 Å². The topological polar surface area (TPSA) is 57.6 Å². The average Bonchev–Trinajstić information content (AvgIpc) is 3.16. The summed E-state index contributed by atoms with van der Waals surface area (Å²) in [5, 5.41) is 6.61. The summed E-state index contributed by atoms with van der Waals surface area (Å²) in [5.41, 5.74) is 3.12. The fraction of sp³-hybridized carbons (Fsp3) is 0.267. The van der Waals surface area contributed by atoms with Gasteiger partial charge in [0.05, 0.1) is 23.2 Å². The van der Waals surface area contributed by atoms with Gasteiger partial charge in [-0.15, -0.1) is 0 Å². The number of nitrogens with zero attached hydrogens (tertiary/aromatic N) is 3. The Kier molecular flexibility index (Phi) is 3.38. The molecule has 2 aliphatic heterocycles. The Hall–Kier alpha value is -1.86. The van der Waals surface area contributed by atoms with Gasteiger partial charge in [0.25, 0.3) is 0 Å². The molecule has 0 saturated carbocycles. The number of aromatic nitrogens is 1. The van der Waals surface area contributed by atoms with Crippen LogP contribution in [0.1, 0.15) is 12.0 Å². The molecular formula is C15H14N4OS2. The molecule has 1 amide bonds.